The molecule has 12 heteroatoms. The summed E-state index contributed by atoms with van der Waals surface area (Å²) in [5.74, 6) is 0. The largest absolute Gasteiger partial charge is 0.389 e. The first-order valence-electron chi connectivity index (χ1n) is 10.9. The Morgan fingerprint density at radius 3 is 2.51 bits per heavy atom. The van der Waals surface area contributed by atoms with Gasteiger partial charge < -0.3 is 15.2 Å². The Morgan fingerprint density at radius 1 is 1.09 bits per heavy atom. The number of nitrogens with one attached hydrogen (secondary N) is 1. The van der Waals surface area contributed by atoms with E-state index in [0.29, 0.717) is 18.8 Å². The lowest BCUT2D eigenvalue weighted by atomic mass is 10.1. The van der Waals surface area contributed by atoms with Crippen molar-refractivity contribution >= 4 is 55.1 Å². The van der Waals surface area contributed by atoms with Crippen molar-refractivity contribution in [2.24, 2.45) is 10.2 Å². The number of aliphatic hydroxyl groups excluding tert-OH is 1. The molecule has 0 aliphatic carbocycles. The highest BCUT2D eigenvalue weighted by atomic mass is 79.9. The Hall–Kier alpha value is -3.48. The maximum Gasteiger partial charge on any atom is 0.304 e. The molecular weight excluding hydrogens is 522 g/mol. The first-order valence-corrected chi connectivity index (χ1v) is 11.7. The Labute approximate surface area is 209 Å². The molecule has 1 atom stereocenters. The van der Waals surface area contributed by atoms with Crippen LogP contribution in [-0.4, -0.2) is 40.8 Å². The molecule has 0 aliphatic heterocycles. The summed E-state index contributed by atoms with van der Waals surface area (Å²) in [7, 11) is 0. The molecule has 0 saturated heterocycles. The number of nitro benzene ring substituents is 2. The number of hydrogen-bond donors (Lipinski definition) is 2. The van der Waals surface area contributed by atoms with Crippen LogP contribution in [0.4, 0.5) is 28.4 Å². The summed E-state index contributed by atoms with van der Waals surface area (Å²) in [5, 5.41) is 45.7. The van der Waals surface area contributed by atoms with E-state index in [9.17, 15) is 25.3 Å². The molecule has 3 rings (SSSR count). The van der Waals surface area contributed by atoms with Crippen molar-refractivity contribution in [3.63, 3.8) is 0 Å². The first-order chi connectivity index (χ1) is 16.8. The van der Waals surface area contributed by atoms with Gasteiger partial charge in [0.05, 0.1) is 38.8 Å². The molecule has 0 aromatic heterocycles. The van der Waals surface area contributed by atoms with E-state index in [1.54, 1.807) is 12.1 Å². The Kier molecular flexibility index (Phi) is 9.18. The normalized spacial score (nSPS) is 12.2. The first kappa shape index (κ1) is 26.1. The average Bonchev–Trinajstić information content (AvgIpc) is 2.84. The van der Waals surface area contributed by atoms with Crippen LogP contribution in [-0.2, 0) is 4.74 Å². The lowest BCUT2D eigenvalue weighted by molar-refractivity contribution is -0.393. The fourth-order valence-corrected chi connectivity index (χ4v) is 3.81. The van der Waals surface area contributed by atoms with Crippen LogP contribution in [0, 0.1) is 20.2 Å². The molecule has 0 spiro atoms. The van der Waals surface area contributed by atoms with Gasteiger partial charge in [0, 0.05) is 35.7 Å². The third kappa shape index (κ3) is 6.78. The zero-order chi connectivity index (χ0) is 25.4. The van der Waals surface area contributed by atoms with E-state index in [2.05, 4.69) is 38.4 Å². The summed E-state index contributed by atoms with van der Waals surface area (Å²) in [5.41, 5.74) is 0.135. The van der Waals surface area contributed by atoms with Crippen molar-refractivity contribution in [1.82, 2.24) is 0 Å². The summed E-state index contributed by atoms with van der Waals surface area (Å²) >= 11 is 3.12. The number of ether oxygens (including phenoxy) is 1. The zero-order valence-corrected chi connectivity index (χ0v) is 20.5. The molecule has 3 aromatic carbocycles. The van der Waals surface area contributed by atoms with Gasteiger partial charge in [-0.3, -0.25) is 20.2 Å². The van der Waals surface area contributed by atoms with Crippen LogP contribution >= 0.6 is 15.9 Å². The number of azo groups is 1. The quantitative estimate of drug-likeness (QED) is 0.115. The monoisotopic (exact) mass is 545 g/mol. The summed E-state index contributed by atoms with van der Waals surface area (Å²) in [6.45, 7) is 3.21. The fraction of sp³-hybridized carbons (Fsp3) is 0.304. The van der Waals surface area contributed by atoms with Gasteiger partial charge in [0.15, 0.2) is 5.69 Å². The average molecular weight is 546 g/mol. The van der Waals surface area contributed by atoms with Gasteiger partial charge in [0.25, 0.3) is 5.69 Å². The number of fused-ring (bicyclic) bond motifs is 1. The molecule has 184 valence electrons. The topological polar surface area (TPSA) is 152 Å². The molecule has 0 fully saturated rings. The number of unbranched alkanes of at least 4 members (excludes halogenated alkanes) is 1. The summed E-state index contributed by atoms with van der Waals surface area (Å²) < 4.78 is 5.54. The van der Waals surface area contributed by atoms with Crippen LogP contribution in [0.5, 0.6) is 0 Å². The SMILES string of the molecule is CCCCOCC(O)CNc1ccc(N=Nc2c(Br)cc([N+](=O)[O-])cc2[N+](=O)[O-])c2ccccc12. The maximum absolute atomic E-state index is 11.5. The van der Waals surface area contributed by atoms with Gasteiger partial charge in [-0.05, 0) is 34.5 Å². The Bertz CT molecular complexity index is 1250. The van der Waals surface area contributed by atoms with E-state index in [1.807, 2.05) is 24.3 Å². The molecule has 11 nitrogen and oxygen atoms in total. The smallest absolute Gasteiger partial charge is 0.304 e. The molecule has 0 aliphatic rings. The van der Waals surface area contributed by atoms with Gasteiger partial charge in [0.1, 0.15) is 0 Å². The van der Waals surface area contributed by atoms with Gasteiger partial charge in [-0.15, -0.1) is 10.2 Å². The van der Waals surface area contributed by atoms with Crippen LogP contribution < -0.4 is 5.32 Å². The molecule has 0 bridgehead atoms. The molecular formula is C23H24BrN5O6. The number of hydrogen-bond acceptors (Lipinski definition) is 9. The number of halogens is 1. The molecule has 0 heterocycles. The van der Waals surface area contributed by atoms with Gasteiger partial charge >= 0.3 is 5.69 Å². The van der Waals surface area contributed by atoms with E-state index < -0.39 is 27.3 Å². The van der Waals surface area contributed by atoms with Gasteiger partial charge in [-0.2, -0.15) is 0 Å². The highest BCUT2D eigenvalue weighted by Gasteiger charge is 2.23. The number of non-ortho nitro benzene ring substituents is 1. The van der Waals surface area contributed by atoms with Crippen molar-refractivity contribution in [2.45, 2.75) is 25.9 Å². The van der Waals surface area contributed by atoms with Crippen molar-refractivity contribution in [1.29, 1.82) is 0 Å². The van der Waals surface area contributed by atoms with Gasteiger partial charge in [0.2, 0.25) is 0 Å². The standard InChI is InChI=1S/C23H24BrN5O6/c1-2-3-10-35-14-16(30)13-25-20-8-9-21(18-7-5-4-6-17(18)20)26-27-23-19(24)11-15(28(31)32)12-22(23)29(33)34/h4-9,11-12,16,25,30H,2-3,10,13-14H2,1H3. The van der Waals surface area contributed by atoms with Crippen LogP contribution in [0.3, 0.4) is 0 Å². The van der Waals surface area contributed by atoms with E-state index in [0.717, 1.165) is 41.4 Å². The highest BCUT2D eigenvalue weighted by molar-refractivity contribution is 9.10. The van der Waals surface area contributed by atoms with E-state index in [1.165, 1.54) is 0 Å². The number of nitrogens with zero attached hydrogens (tertiary/aromatic N) is 4. The van der Waals surface area contributed by atoms with Gasteiger partial charge in [-0.25, -0.2) is 0 Å². The summed E-state index contributed by atoms with van der Waals surface area (Å²) in [4.78, 5) is 21.1. The van der Waals surface area contributed by atoms with Crippen LogP contribution in [0.15, 0.2) is 63.2 Å². The number of nitro groups is 2. The molecule has 3 aromatic rings. The number of benzene rings is 3. The molecule has 1 unspecified atom stereocenters. The highest BCUT2D eigenvalue weighted by Crippen LogP contribution is 2.40. The van der Waals surface area contributed by atoms with Gasteiger partial charge in [-0.1, -0.05) is 37.6 Å². The van der Waals surface area contributed by atoms with E-state index in [4.69, 9.17) is 4.74 Å². The Balaban J connectivity index is 1.86. The zero-order valence-electron chi connectivity index (χ0n) is 18.9. The van der Waals surface area contributed by atoms with Crippen LogP contribution in [0.1, 0.15) is 19.8 Å². The summed E-state index contributed by atoms with van der Waals surface area (Å²) in [6.07, 6.45) is 1.30. The molecule has 2 N–H and O–H groups in total. The number of aliphatic hydroxyl groups is 1. The maximum atomic E-state index is 11.5. The predicted octanol–water partition coefficient (Wildman–Crippen LogP) is 6.42. The molecule has 35 heavy (non-hydrogen) atoms. The van der Waals surface area contributed by atoms with Crippen LogP contribution in [0.2, 0.25) is 0 Å². The third-order valence-corrected chi connectivity index (χ3v) is 5.68. The van der Waals surface area contributed by atoms with Crippen molar-refractivity contribution in [3.05, 3.63) is 73.2 Å². The second kappa shape index (κ2) is 12.3. The minimum absolute atomic E-state index is 0.0832. The lowest BCUT2D eigenvalue weighted by Crippen LogP contribution is -2.25. The van der Waals surface area contributed by atoms with Crippen LogP contribution in [0.25, 0.3) is 10.8 Å². The third-order valence-electron chi connectivity index (χ3n) is 5.07. The summed E-state index contributed by atoms with van der Waals surface area (Å²) in [6, 6.07) is 12.9. The van der Waals surface area contributed by atoms with E-state index in [-0.39, 0.29) is 16.8 Å². The Morgan fingerprint density at radius 2 is 1.83 bits per heavy atom. The number of rotatable bonds is 12. The lowest BCUT2D eigenvalue weighted by Gasteiger charge is -2.15. The second-order valence-electron chi connectivity index (χ2n) is 7.65. The minimum Gasteiger partial charge on any atom is -0.389 e. The number of anilines is 1. The predicted molar refractivity (Wildman–Crippen MR) is 136 cm³/mol. The van der Waals surface area contributed by atoms with Crippen molar-refractivity contribution in [2.75, 3.05) is 25.1 Å². The molecule has 0 radical (unpaired) electrons. The van der Waals surface area contributed by atoms with Crippen molar-refractivity contribution < 1.29 is 19.7 Å². The molecule has 0 saturated carbocycles. The van der Waals surface area contributed by atoms with Crippen molar-refractivity contribution in [3.8, 4) is 0 Å². The second-order valence-corrected chi connectivity index (χ2v) is 8.50. The fourth-order valence-electron chi connectivity index (χ4n) is 3.30. The molecule has 0 amide bonds. The van der Waals surface area contributed by atoms with E-state index >= 15 is 0 Å². The minimum atomic E-state index is -0.742.